The number of ether oxygens (including phenoxy) is 1. The van der Waals surface area contributed by atoms with Gasteiger partial charge in [-0.2, -0.15) is 0 Å². The highest BCUT2D eigenvalue weighted by atomic mass is 32.1. The van der Waals surface area contributed by atoms with Crippen molar-refractivity contribution >= 4 is 23.2 Å². The predicted molar refractivity (Wildman–Crippen MR) is 98.8 cm³/mol. The number of rotatable bonds is 5. The van der Waals surface area contributed by atoms with E-state index in [4.69, 9.17) is 4.74 Å². The lowest BCUT2D eigenvalue weighted by atomic mass is 9.90. The number of hydrogen-bond donors (Lipinski definition) is 0. The summed E-state index contributed by atoms with van der Waals surface area (Å²) in [6.07, 6.45) is 3.06. The van der Waals surface area contributed by atoms with Crippen LogP contribution in [0.3, 0.4) is 0 Å². The van der Waals surface area contributed by atoms with Crippen molar-refractivity contribution < 1.29 is 14.3 Å². The second-order valence-electron chi connectivity index (χ2n) is 6.52. The molecule has 4 nitrogen and oxygen atoms in total. The van der Waals surface area contributed by atoms with E-state index in [1.54, 1.807) is 0 Å². The van der Waals surface area contributed by atoms with E-state index in [0.717, 1.165) is 37.9 Å². The van der Waals surface area contributed by atoms with Crippen molar-refractivity contribution in [2.24, 2.45) is 5.92 Å². The number of likely N-dealkylation sites (tertiary alicyclic amines) is 1. The number of carbonyl (C=O) groups is 2. The molecule has 1 aliphatic heterocycles. The number of hydrogen-bond acceptors (Lipinski definition) is 4. The van der Waals surface area contributed by atoms with Crippen LogP contribution in [0.15, 0.2) is 41.8 Å². The van der Waals surface area contributed by atoms with Crippen molar-refractivity contribution in [3.63, 3.8) is 0 Å². The summed E-state index contributed by atoms with van der Waals surface area (Å²) in [5.74, 6) is 0.114. The molecular formula is C20H23NO3S. The van der Waals surface area contributed by atoms with Gasteiger partial charge in [-0.05, 0) is 54.7 Å². The molecule has 0 atom stereocenters. The van der Waals surface area contributed by atoms with Crippen molar-refractivity contribution in [2.45, 2.75) is 26.2 Å². The quantitative estimate of drug-likeness (QED) is 0.767. The molecule has 25 heavy (non-hydrogen) atoms. The van der Waals surface area contributed by atoms with Gasteiger partial charge in [-0.15, -0.1) is 11.3 Å². The molecular weight excluding hydrogens is 334 g/mol. The molecule has 5 heteroatoms. The molecule has 132 valence electrons. The summed E-state index contributed by atoms with van der Waals surface area (Å²) in [5.41, 5.74) is 2.25. The number of benzene rings is 1. The summed E-state index contributed by atoms with van der Waals surface area (Å²) < 4.78 is 5.19. The van der Waals surface area contributed by atoms with Crippen LogP contribution in [0.1, 0.15) is 33.6 Å². The van der Waals surface area contributed by atoms with E-state index < -0.39 is 5.97 Å². The summed E-state index contributed by atoms with van der Waals surface area (Å²) in [6, 6.07) is 12.4. The maximum Gasteiger partial charge on any atom is 0.349 e. The molecule has 1 aromatic carbocycles. The van der Waals surface area contributed by atoms with Gasteiger partial charge in [0.05, 0.1) is 0 Å². The van der Waals surface area contributed by atoms with Gasteiger partial charge in [0.25, 0.3) is 5.91 Å². The van der Waals surface area contributed by atoms with Crippen molar-refractivity contribution in [3.8, 4) is 0 Å². The first kappa shape index (κ1) is 17.7. The Labute approximate surface area is 152 Å². The lowest BCUT2D eigenvalue weighted by Gasteiger charge is -2.32. The van der Waals surface area contributed by atoms with E-state index in [2.05, 4.69) is 24.3 Å². The van der Waals surface area contributed by atoms with Crippen LogP contribution in [0.4, 0.5) is 0 Å². The fourth-order valence-electron chi connectivity index (χ4n) is 3.20. The lowest BCUT2D eigenvalue weighted by molar-refractivity contribution is -0.135. The van der Waals surface area contributed by atoms with E-state index in [0.29, 0.717) is 10.8 Å². The number of carbonyl (C=O) groups excluding carboxylic acids is 2. The first-order chi connectivity index (χ1) is 12.1. The Kier molecular flexibility index (Phi) is 5.87. The van der Waals surface area contributed by atoms with Crippen molar-refractivity contribution in [1.82, 2.24) is 4.90 Å². The average molecular weight is 357 g/mol. The summed E-state index contributed by atoms with van der Waals surface area (Å²) in [7, 11) is 0. The predicted octanol–water partition coefficient (Wildman–Crippen LogP) is 3.69. The SMILES string of the molecule is Cc1ccsc1C(=O)OCC(=O)N1CCC(Cc2ccccc2)CC1. The topological polar surface area (TPSA) is 46.6 Å². The van der Waals surface area contributed by atoms with Crippen molar-refractivity contribution in [2.75, 3.05) is 19.7 Å². The average Bonchev–Trinajstić information content (AvgIpc) is 3.07. The van der Waals surface area contributed by atoms with Gasteiger partial charge in [-0.25, -0.2) is 4.79 Å². The van der Waals surface area contributed by atoms with Gasteiger partial charge in [0, 0.05) is 13.1 Å². The van der Waals surface area contributed by atoms with Gasteiger partial charge in [0.1, 0.15) is 4.88 Å². The summed E-state index contributed by atoms with van der Waals surface area (Å²) in [4.78, 5) is 26.7. The first-order valence-corrected chi connectivity index (χ1v) is 9.54. The Balaban J connectivity index is 1.42. The van der Waals surface area contributed by atoms with Crippen LogP contribution >= 0.6 is 11.3 Å². The fraction of sp³-hybridized carbons (Fsp3) is 0.400. The van der Waals surface area contributed by atoms with Crippen LogP contribution in [0.25, 0.3) is 0 Å². The second kappa shape index (κ2) is 8.30. The Hall–Kier alpha value is -2.14. The van der Waals surface area contributed by atoms with Crippen LogP contribution < -0.4 is 0 Å². The van der Waals surface area contributed by atoms with Crippen LogP contribution in [-0.4, -0.2) is 36.5 Å². The largest absolute Gasteiger partial charge is 0.451 e. The molecule has 1 saturated heterocycles. The van der Waals surface area contributed by atoms with E-state index in [1.807, 2.05) is 29.3 Å². The normalized spacial score (nSPS) is 15.2. The maximum absolute atomic E-state index is 12.3. The number of aryl methyl sites for hydroxylation is 1. The van der Waals surface area contributed by atoms with Gasteiger partial charge < -0.3 is 9.64 Å². The van der Waals surface area contributed by atoms with E-state index >= 15 is 0 Å². The van der Waals surface area contributed by atoms with Crippen molar-refractivity contribution in [3.05, 3.63) is 57.8 Å². The highest BCUT2D eigenvalue weighted by Crippen LogP contribution is 2.22. The van der Waals surface area contributed by atoms with E-state index in [-0.39, 0.29) is 12.5 Å². The molecule has 0 bridgehead atoms. The molecule has 2 heterocycles. The zero-order valence-corrected chi connectivity index (χ0v) is 15.3. The van der Waals surface area contributed by atoms with Gasteiger partial charge in [0.2, 0.25) is 0 Å². The van der Waals surface area contributed by atoms with Crippen LogP contribution in [-0.2, 0) is 16.0 Å². The zero-order valence-electron chi connectivity index (χ0n) is 14.4. The minimum absolute atomic E-state index is 0.0966. The zero-order chi connectivity index (χ0) is 17.6. The third-order valence-electron chi connectivity index (χ3n) is 4.71. The third-order valence-corrected chi connectivity index (χ3v) is 5.71. The fourth-order valence-corrected chi connectivity index (χ4v) is 4.02. The Morgan fingerprint density at radius 2 is 1.88 bits per heavy atom. The maximum atomic E-state index is 12.3. The standard InChI is InChI=1S/C20H23NO3S/c1-15-9-12-25-19(15)20(23)24-14-18(22)21-10-7-17(8-11-21)13-16-5-3-2-4-6-16/h2-6,9,12,17H,7-8,10-11,13-14H2,1H3. The second-order valence-corrected chi connectivity index (χ2v) is 7.44. The van der Waals surface area contributed by atoms with Crippen LogP contribution in [0.2, 0.25) is 0 Å². The molecule has 1 aliphatic rings. The summed E-state index contributed by atoms with van der Waals surface area (Å²) in [5, 5.41) is 1.85. The molecule has 0 spiro atoms. The molecule has 1 amide bonds. The Bertz CT molecular complexity index is 718. The lowest BCUT2D eigenvalue weighted by Crippen LogP contribution is -2.41. The molecule has 0 aliphatic carbocycles. The van der Waals surface area contributed by atoms with Gasteiger partial charge in [-0.1, -0.05) is 30.3 Å². The minimum Gasteiger partial charge on any atom is -0.451 e. The third kappa shape index (κ3) is 4.69. The number of amides is 1. The number of nitrogens with zero attached hydrogens (tertiary/aromatic N) is 1. The molecule has 0 unspecified atom stereocenters. The molecule has 2 aromatic rings. The number of thiophene rings is 1. The van der Waals surface area contributed by atoms with Crippen molar-refractivity contribution in [1.29, 1.82) is 0 Å². The molecule has 1 aromatic heterocycles. The molecule has 0 radical (unpaired) electrons. The molecule has 0 N–H and O–H groups in total. The van der Waals surface area contributed by atoms with Crippen LogP contribution in [0, 0.1) is 12.8 Å². The summed E-state index contributed by atoms with van der Waals surface area (Å²) in [6.45, 7) is 3.18. The van der Waals surface area contributed by atoms with Crippen LogP contribution in [0.5, 0.6) is 0 Å². The highest BCUT2D eigenvalue weighted by Gasteiger charge is 2.24. The minimum atomic E-state index is -0.403. The Morgan fingerprint density at radius 1 is 1.16 bits per heavy atom. The summed E-state index contributed by atoms with van der Waals surface area (Å²) >= 11 is 1.35. The molecule has 3 rings (SSSR count). The van der Waals surface area contributed by atoms with E-state index in [9.17, 15) is 9.59 Å². The molecule has 1 fully saturated rings. The van der Waals surface area contributed by atoms with Gasteiger partial charge in [-0.3, -0.25) is 4.79 Å². The number of piperidine rings is 1. The highest BCUT2D eigenvalue weighted by molar-refractivity contribution is 7.12. The number of esters is 1. The molecule has 0 saturated carbocycles. The van der Waals surface area contributed by atoms with E-state index in [1.165, 1.54) is 16.9 Å². The van der Waals surface area contributed by atoms with Gasteiger partial charge in [0.15, 0.2) is 6.61 Å². The van der Waals surface area contributed by atoms with Gasteiger partial charge >= 0.3 is 5.97 Å². The Morgan fingerprint density at radius 3 is 2.52 bits per heavy atom. The first-order valence-electron chi connectivity index (χ1n) is 8.66. The smallest absolute Gasteiger partial charge is 0.349 e. The monoisotopic (exact) mass is 357 g/mol.